The predicted octanol–water partition coefficient (Wildman–Crippen LogP) is 3.28. The first-order chi connectivity index (χ1) is 14.3. The van der Waals surface area contributed by atoms with Crippen molar-refractivity contribution in [1.29, 1.82) is 0 Å². The molecule has 0 aliphatic heterocycles. The maximum atomic E-state index is 12.2. The van der Waals surface area contributed by atoms with Crippen LogP contribution in [0.1, 0.15) is 43.7 Å². The average molecular weight is 410 g/mol. The van der Waals surface area contributed by atoms with Gasteiger partial charge in [-0.15, -0.1) is 0 Å². The molecule has 0 saturated carbocycles. The van der Waals surface area contributed by atoms with Gasteiger partial charge < -0.3 is 20.5 Å². The number of alkyl carbamates (subject to hydrolysis) is 1. The van der Waals surface area contributed by atoms with Crippen LogP contribution < -0.4 is 10.6 Å². The van der Waals surface area contributed by atoms with Gasteiger partial charge in [0.2, 0.25) is 5.91 Å². The van der Waals surface area contributed by atoms with Crippen LogP contribution in [-0.4, -0.2) is 41.8 Å². The molecule has 0 bridgehead atoms. The van der Waals surface area contributed by atoms with E-state index in [1.807, 2.05) is 36.4 Å². The number of fused-ring (bicyclic) bond motifs is 3. The Morgan fingerprint density at radius 3 is 2.00 bits per heavy atom. The quantitative estimate of drug-likeness (QED) is 0.619. The van der Waals surface area contributed by atoms with Crippen molar-refractivity contribution in [3.8, 4) is 11.1 Å². The van der Waals surface area contributed by atoms with Crippen LogP contribution in [0.15, 0.2) is 48.5 Å². The lowest BCUT2D eigenvalue weighted by atomic mass is 9.98. The van der Waals surface area contributed by atoms with Gasteiger partial charge in [-0.05, 0) is 36.1 Å². The number of benzene rings is 2. The van der Waals surface area contributed by atoms with E-state index in [1.54, 1.807) is 13.8 Å². The summed E-state index contributed by atoms with van der Waals surface area (Å²) >= 11 is 0. The number of carboxylic acids is 1. The van der Waals surface area contributed by atoms with Gasteiger partial charge in [0, 0.05) is 24.4 Å². The van der Waals surface area contributed by atoms with Crippen molar-refractivity contribution >= 4 is 18.0 Å². The van der Waals surface area contributed by atoms with Gasteiger partial charge in [0.05, 0.1) is 6.42 Å². The van der Waals surface area contributed by atoms with Crippen LogP contribution >= 0.6 is 0 Å². The largest absolute Gasteiger partial charge is 0.481 e. The Balaban J connectivity index is 1.51. The summed E-state index contributed by atoms with van der Waals surface area (Å²) in [5.41, 5.74) is 4.57. The zero-order valence-electron chi connectivity index (χ0n) is 17.1. The van der Waals surface area contributed by atoms with Crippen LogP contribution in [0.5, 0.6) is 0 Å². The molecular weight excluding hydrogens is 384 g/mol. The number of ether oxygens (including phenoxy) is 1. The summed E-state index contributed by atoms with van der Waals surface area (Å²) in [5, 5.41) is 14.0. The number of carbonyl (C=O) groups is 3. The summed E-state index contributed by atoms with van der Waals surface area (Å²) in [7, 11) is 0. The molecule has 7 nitrogen and oxygen atoms in total. The van der Waals surface area contributed by atoms with Crippen LogP contribution in [-0.2, 0) is 14.3 Å². The highest BCUT2D eigenvalue weighted by molar-refractivity contribution is 5.80. The van der Waals surface area contributed by atoms with E-state index in [9.17, 15) is 14.4 Å². The molecule has 3 N–H and O–H groups in total. The number of nitrogens with one attached hydrogen (secondary N) is 2. The third-order valence-corrected chi connectivity index (χ3v) is 5.09. The van der Waals surface area contributed by atoms with Gasteiger partial charge in [-0.1, -0.05) is 48.5 Å². The molecule has 3 rings (SSSR count). The molecule has 158 valence electrons. The molecule has 30 heavy (non-hydrogen) atoms. The molecule has 0 aromatic heterocycles. The third kappa shape index (κ3) is 5.17. The Hall–Kier alpha value is -3.35. The maximum Gasteiger partial charge on any atom is 0.407 e. The molecular formula is C23H26N2O5. The lowest BCUT2D eigenvalue weighted by Gasteiger charge is -2.18. The fraction of sp³-hybridized carbons (Fsp3) is 0.348. The first-order valence-corrected chi connectivity index (χ1v) is 9.97. The van der Waals surface area contributed by atoms with E-state index in [0.717, 1.165) is 22.3 Å². The Morgan fingerprint density at radius 2 is 1.43 bits per heavy atom. The fourth-order valence-electron chi connectivity index (χ4n) is 3.82. The highest BCUT2D eigenvalue weighted by Crippen LogP contribution is 2.44. The van der Waals surface area contributed by atoms with Gasteiger partial charge in [-0.2, -0.15) is 0 Å². The van der Waals surface area contributed by atoms with E-state index in [0.29, 0.717) is 0 Å². The number of amides is 2. The van der Waals surface area contributed by atoms with Crippen LogP contribution in [0.2, 0.25) is 0 Å². The van der Waals surface area contributed by atoms with E-state index >= 15 is 0 Å². The molecule has 0 fully saturated rings. The lowest BCUT2D eigenvalue weighted by Crippen LogP contribution is -2.40. The first-order valence-electron chi connectivity index (χ1n) is 9.97. The Bertz CT molecular complexity index is 897. The highest BCUT2D eigenvalue weighted by atomic mass is 16.5. The van der Waals surface area contributed by atoms with Crippen molar-refractivity contribution in [1.82, 2.24) is 10.6 Å². The summed E-state index contributed by atoms with van der Waals surface area (Å²) in [5.74, 6) is -1.33. The molecule has 2 amide bonds. The van der Waals surface area contributed by atoms with E-state index in [4.69, 9.17) is 9.84 Å². The first kappa shape index (κ1) is 21.4. The van der Waals surface area contributed by atoms with Crippen molar-refractivity contribution in [3.63, 3.8) is 0 Å². The predicted molar refractivity (Wildman–Crippen MR) is 112 cm³/mol. The zero-order chi connectivity index (χ0) is 21.7. The van der Waals surface area contributed by atoms with Crippen LogP contribution in [0.3, 0.4) is 0 Å². The van der Waals surface area contributed by atoms with Crippen molar-refractivity contribution in [3.05, 3.63) is 59.7 Å². The van der Waals surface area contributed by atoms with E-state index < -0.39 is 24.1 Å². The van der Waals surface area contributed by atoms with Crippen LogP contribution in [0.4, 0.5) is 4.79 Å². The second-order valence-electron chi connectivity index (χ2n) is 7.64. The lowest BCUT2D eigenvalue weighted by molar-refractivity contribution is -0.137. The van der Waals surface area contributed by atoms with Crippen molar-refractivity contribution < 1.29 is 24.2 Å². The van der Waals surface area contributed by atoms with E-state index in [-0.39, 0.29) is 31.3 Å². The number of rotatable bonds is 8. The molecule has 0 radical (unpaired) electrons. The Morgan fingerprint density at radius 1 is 0.900 bits per heavy atom. The molecule has 0 heterocycles. The van der Waals surface area contributed by atoms with Gasteiger partial charge in [-0.3, -0.25) is 9.59 Å². The van der Waals surface area contributed by atoms with Gasteiger partial charge >= 0.3 is 12.1 Å². The van der Waals surface area contributed by atoms with Gasteiger partial charge in [0.15, 0.2) is 0 Å². The number of hydrogen-bond acceptors (Lipinski definition) is 4. The van der Waals surface area contributed by atoms with Gasteiger partial charge in [0.1, 0.15) is 6.61 Å². The van der Waals surface area contributed by atoms with Crippen molar-refractivity contribution in [2.24, 2.45) is 0 Å². The van der Waals surface area contributed by atoms with Gasteiger partial charge in [0.25, 0.3) is 0 Å². The molecule has 7 heteroatoms. The smallest absolute Gasteiger partial charge is 0.407 e. The number of aliphatic carboxylic acids is 1. The highest BCUT2D eigenvalue weighted by Gasteiger charge is 2.29. The van der Waals surface area contributed by atoms with Crippen LogP contribution in [0, 0.1) is 0 Å². The molecule has 2 atom stereocenters. The zero-order valence-corrected chi connectivity index (χ0v) is 17.1. The number of hydrogen-bond donors (Lipinski definition) is 3. The van der Waals surface area contributed by atoms with Crippen molar-refractivity contribution in [2.75, 3.05) is 6.61 Å². The molecule has 0 saturated heterocycles. The number of carbonyl (C=O) groups excluding carboxylic acids is 2. The molecule has 2 aromatic rings. The summed E-state index contributed by atoms with van der Waals surface area (Å²) in [6, 6.07) is 15.3. The second kappa shape index (κ2) is 9.43. The Kier molecular flexibility index (Phi) is 6.72. The van der Waals surface area contributed by atoms with E-state index in [2.05, 4.69) is 22.8 Å². The fourth-order valence-corrected chi connectivity index (χ4v) is 3.82. The van der Waals surface area contributed by atoms with Crippen LogP contribution in [0.25, 0.3) is 11.1 Å². The molecule has 2 unspecified atom stereocenters. The third-order valence-electron chi connectivity index (χ3n) is 5.09. The molecule has 0 spiro atoms. The summed E-state index contributed by atoms with van der Waals surface area (Å²) in [6.45, 7) is 3.52. The number of carboxylic acid groups (broad SMARTS) is 1. The Labute approximate surface area is 175 Å². The standard InChI is InChI=1S/C23H26N2O5/c1-14(11-21(26)24-15(2)12-22(27)28)25-23(29)30-13-20-18-9-5-3-7-16(18)17-8-4-6-10-19(17)20/h3-10,14-15,20H,11-13H2,1-2H3,(H,24,26)(H,25,29)(H,27,28). The summed E-state index contributed by atoms with van der Waals surface area (Å²) in [4.78, 5) is 34.9. The normalized spacial score (nSPS) is 14.2. The minimum absolute atomic E-state index is 0.0291. The van der Waals surface area contributed by atoms with Crippen molar-refractivity contribution in [2.45, 2.75) is 44.7 Å². The SMILES string of the molecule is CC(CC(=O)O)NC(=O)CC(C)NC(=O)OCC1c2ccccc2-c2ccccc21. The summed E-state index contributed by atoms with van der Waals surface area (Å²) < 4.78 is 5.47. The maximum absolute atomic E-state index is 12.2. The minimum Gasteiger partial charge on any atom is -0.481 e. The summed E-state index contributed by atoms with van der Waals surface area (Å²) in [6.07, 6.45) is -0.704. The molecule has 1 aliphatic carbocycles. The topological polar surface area (TPSA) is 105 Å². The molecule has 1 aliphatic rings. The van der Waals surface area contributed by atoms with Gasteiger partial charge in [-0.25, -0.2) is 4.79 Å². The monoisotopic (exact) mass is 410 g/mol. The van der Waals surface area contributed by atoms with E-state index in [1.165, 1.54) is 0 Å². The average Bonchev–Trinajstić information content (AvgIpc) is 2.99. The molecule has 2 aromatic carbocycles. The minimum atomic E-state index is -0.979. The second-order valence-corrected chi connectivity index (χ2v) is 7.64.